The second-order valence-corrected chi connectivity index (χ2v) is 4.63. The standard InChI is InChI=1S/C16H14N2O2/c17-8-10-4-6-11(7-5-10)13-9-18-16(20)12-2-1-3-14(19)15(12)13/h1-7,9,19H,8,17H2,(H,18,20). The van der Waals surface area contributed by atoms with Gasteiger partial charge >= 0.3 is 0 Å². The van der Waals surface area contributed by atoms with Crippen molar-refractivity contribution in [2.24, 2.45) is 5.73 Å². The number of aromatic amines is 1. The lowest BCUT2D eigenvalue weighted by molar-refractivity contribution is 0.481. The van der Waals surface area contributed by atoms with Gasteiger partial charge in [0.1, 0.15) is 5.75 Å². The number of aromatic nitrogens is 1. The summed E-state index contributed by atoms with van der Waals surface area (Å²) in [6.07, 6.45) is 1.63. The third-order valence-electron chi connectivity index (χ3n) is 3.40. The second kappa shape index (κ2) is 4.83. The van der Waals surface area contributed by atoms with Crippen molar-refractivity contribution >= 4 is 10.8 Å². The lowest BCUT2D eigenvalue weighted by atomic mass is 9.99. The van der Waals surface area contributed by atoms with Crippen molar-refractivity contribution in [3.8, 4) is 16.9 Å². The molecule has 4 nitrogen and oxygen atoms in total. The Labute approximate surface area is 115 Å². The van der Waals surface area contributed by atoms with E-state index in [2.05, 4.69) is 4.98 Å². The minimum atomic E-state index is -0.210. The molecule has 0 saturated heterocycles. The number of phenols is 1. The van der Waals surface area contributed by atoms with E-state index >= 15 is 0 Å². The Morgan fingerprint density at radius 3 is 2.55 bits per heavy atom. The van der Waals surface area contributed by atoms with Gasteiger partial charge in [0, 0.05) is 23.7 Å². The fourth-order valence-corrected chi connectivity index (χ4v) is 2.35. The molecule has 4 heteroatoms. The highest BCUT2D eigenvalue weighted by molar-refractivity contribution is 5.99. The van der Waals surface area contributed by atoms with Crippen molar-refractivity contribution in [2.75, 3.05) is 0 Å². The predicted molar refractivity (Wildman–Crippen MR) is 79.6 cm³/mol. The average molecular weight is 266 g/mol. The third-order valence-corrected chi connectivity index (χ3v) is 3.40. The van der Waals surface area contributed by atoms with Gasteiger partial charge in [-0.2, -0.15) is 0 Å². The summed E-state index contributed by atoms with van der Waals surface area (Å²) in [5.74, 6) is 0.103. The molecule has 0 bridgehead atoms. The summed E-state index contributed by atoms with van der Waals surface area (Å²) in [6.45, 7) is 0.484. The molecule has 0 saturated carbocycles. The Morgan fingerprint density at radius 1 is 1.10 bits per heavy atom. The molecule has 0 spiro atoms. The normalized spacial score (nSPS) is 10.8. The number of aromatic hydroxyl groups is 1. The van der Waals surface area contributed by atoms with Gasteiger partial charge in [0.05, 0.1) is 5.39 Å². The molecule has 0 atom stereocenters. The molecule has 0 aliphatic heterocycles. The summed E-state index contributed by atoms with van der Waals surface area (Å²) in [4.78, 5) is 14.5. The molecular weight excluding hydrogens is 252 g/mol. The number of hydrogen-bond donors (Lipinski definition) is 3. The molecule has 1 heterocycles. The van der Waals surface area contributed by atoms with Gasteiger partial charge in [-0.05, 0) is 23.3 Å². The van der Waals surface area contributed by atoms with Crippen LogP contribution in [0.3, 0.4) is 0 Å². The Morgan fingerprint density at radius 2 is 1.85 bits per heavy atom. The molecule has 1 aromatic heterocycles. The van der Waals surface area contributed by atoms with Gasteiger partial charge in [-0.1, -0.05) is 30.3 Å². The van der Waals surface area contributed by atoms with Crippen molar-refractivity contribution in [3.63, 3.8) is 0 Å². The fourth-order valence-electron chi connectivity index (χ4n) is 2.35. The maximum Gasteiger partial charge on any atom is 0.255 e. The summed E-state index contributed by atoms with van der Waals surface area (Å²) in [6, 6.07) is 12.7. The van der Waals surface area contributed by atoms with Gasteiger partial charge in [-0.25, -0.2) is 0 Å². The van der Waals surface area contributed by atoms with Crippen molar-refractivity contribution < 1.29 is 5.11 Å². The van der Waals surface area contributed by atoms with Gasteiger partial charge in [-0.3, -0.25) is 4.79 Å². The van der Waals surface area contributed by atoms with E-state index in [0.29, 0.717) is 17.3 Å². The van der Waals surface area contributed by atoms with Crippen LogP contribution in [0.1, 0.15) is 5.56 Å². The van der Waals surface area contributed by atoms with E-state index in [9.17, 15) is 9.90 Å². The van der Waals surface area contributed by atoms with Crippen molar-refractivity contribution in [2.45, 2.75) is 6.54 Å². The molecule has 20 heavy (non-hydrogen) atoms. The maximum absolute atomic E-state index is 11.8. The van der Waals surface area contributed by atoms with Gasteiger partial charge in [0.25, 0.3) is 5.56 Å². The second-order valence-electron chi connectivity index (χ2n) is 4.63. The summed E-state index contributed by atoms with van der Waals surface area (Å²) >= 11 is 0. The smallest absolute Gasteiger partial charge is 0.255 e. The number of nitrogens with two attached hydrogens (primary N) is 1. The summed E-state index contributed by atoms with van der Waals surface area (Å²) < 4.78 is 0. The molecule has 100 valence electrons. The number of hydrogen-bond acceptors (Lipinski definition) is 3. The SMILES string of the molecule is NCc1ccc(-c2c[nH]c(=O)c3cccc(O)c23)cc1. The monoisotopic (exact) mass is 266 g/mol. The Bertz CT molecular complexity index is 820. The summed E-state index contributed by atoms with van der Waals surface area (Å²) in [5.41, 5.74) is 8.12. The topological polar surface area (TPSA) is 79.1 Å². The van der Waals surface area contributed by atoms with E-state index in [4.69, 9.17) is 5.73 Å². The minimum absolute atomic E-state index is 0.103. The van der Waals surface area contributed by atoms with Gasteiger partial charge in [0.2, 0.25) is 0 Å². The van der Waals surface area contributed by atoms with Crippen molar-refractivity contribution in [3.05, 3.63) is 64.6 Å². The van der Waals surface area contributed by atoms with Gasteiger partial charge < -0.3 is 15.8 Å². The minimum Gasteiger partial charge on any atom is -0.507 e. The lowest BCUT2D eigenvalue weighted by Crippen LogP contribution is -2.05. The Balaban J connectivity index is 2.30. The first-order chi connectivity index (χ1) is 9.70. The number of phenolic OH excluding ortho intramolecular Hbond substituents is 1. The highest BCUT2D eigenvalue weighted by Crippen LogP contribution is 2.32. The average Bonchev–Trinajstić information content (AvgIpc) is 2.49. The highest BCUT2D eigenvalue weighted by Gasteiger charge is 2.10. The third kappa shape index (κ3) is 1.96. The molecule has 0 aliphatic carbocycles. The Kier molecular flexibility index (Phi) is 3.00. The first-order valence-corrected chi connectivity index (χ1v) is 6.33. The van der Waals surface area contributed by atoms with Crippen molar-refractivity contribution in [1.82, 2.24) is 4.98 Å². The number of H-pyrrole nitrogens is 1. The lowest BCUT2D eigenvalue weighted by Gasteiger charge is -2.08. The van der Waals surface area contributed by atoms with Crippen LogP contribution in [0.15, 0.2) is 53.5 Å². The van der Waals surface area contributed by atoms with Crippen LogP contribution in [0.5, 0.6) is 5.75 Å². The Hall–Kier alpha value is -2.59. The van der Waals surface area contributed by atoms with Crippen molar-refractivity contribution in [1.29, 1.82) is 0 Å². The van der Waals surface area contributed by atoms with Crippen LogP contribution in [-0.4, -0.2) is 10.1 Å². The van der Waals surface area contributed by atoms with E-state index in [1.54, 1.807) is 24.4 Å². The quantitative estimate of drug-likeness (QED) is 0.666. The molecule has 0 amide bonds. The molecule has 0 aliphatic rings. The van der Waals surface area contributed by atoms with Crippen LogP contribution in [0.4, 0.5) is 0 Å². The zero-order valence-electron chi connectivity index (χ0n) is 10.8. The molecule has 2 aromatic carbocycles. The zero-order chi connectivity index (χ0) is 14.1. The zero-order valence-corrected chi connectivity index (χ0v) is 10.8. The summed E-state index contributed by atoms with van der Waals surface area (Å²) in [7, 11) is 0. The van der Waals surface area contributed by atoms with E-state index < -0.39 is 0 Å². The van der Waals surface area contributed by atoms with Crippen LogP contribution in [-0.2, 0) is 6.54 Å². The number of benzene rings is 2. The number of pyridine rings is 1. The molecule has 4 N–H and O–H groups in total. The van der Waals surface area contributed by atoms with E-state index in [1.807, 2.05) is 24.3 Å². The van der Waals surface area contributed by atoms with E-state index in [1.165, 1.54) is 0 Å². The molecule has 0 radical (unpaired) electrons. The van der Waals surface area contributed by atoms with Crippen LogP contribution in [0.2, 0.25) is 0 Å². The molecule has 3 rings (SSSR count). The van der Waals surface area contributed by atoms with Crippen LogP contribution in [0, 0.1) is 0 Å². The van der Waals surface area contributed by atoms with Crippen LogP contribution < -0.4 is 11.3 Å². The van der Waals surface area contributed by atoms with Crippen LogP contribution in [0.25, 0.3) is 21.9 Å². The first-order valence-electron chi connectivity index (χ1n) is 6.33. The maximum atomic E-state index is 11.8. The van der Waals surface area contributed by atoms with E-state index in [-0.39, 0.29) is 11.3 Å². The number of rotatable bonds is 2. The van der Waals surface area contributed by atoms with E-state index in [0.717, 1.165) is 16.7 Å². The fraction of sp³-hybridized carbons (Fsp3) is 0.0625. The molecule has 0 unspecified atom stereocenters. The highest BCUT2D eigenvalue weighted by atomic mass is 16.3. The van der Waals surface area contributed by atoms with Gasteiger partial charge in [-0.15, -0.1) is 0 Å². The number of fused-ring (bicyclic) bond motifs is 1. The van der Waals surface area contributed by atoms with Gasteiger partial charge in [0.15, 0.2) is 0 Å². The predicted octanol–water partition coefficient (Wildman–Crippen LogP) is 2.36. The summed E-state index contributed by atoms with van der Waals surface area (Å²) in [5, 5.41) is 11.1. The number of nitrogens with one attached hydrogen (secondary N) is 1. The first kappa shape index (κ1) is 12.4. The largest absolute Gasteiger partial charge is 0.507 e. The molecule has 0 fully saturated rings. The van der Waals surface area contributed by atoms with Crippen LogP contribution >= 0.6 is 0 Å². The molecule has 3 aromatic rings. The molecular formula is C16H14N2O2.